The quantitative estimate of drug-likeness (QED) is 0.452. The predicted molar refractivity (Wildman–Crippen MR) is 135 cm³/mol. The van der Waals surface area contributed by atoms with Crippen LogP contribution in [0.15, 0.2) is 35.4 Å². The minimum Gasteiger partial charge on any atom is -0.490 e. The number of halogens is 1. The first-order valence-corrected chi connectivity index (χ1v) is 11.9. The van der Waals surface area contributed by atoms with Crippen LogP contribution in [0.4, 0.5) is 10.2 Å². The zero-order chi connectivity index (χ0) is 24.6. The number of nitrogens with zero attached hydrogens (tertiary/aromatic N) is 6. The Balaban J connectivity index is 1.53. The van der Waals surface area contributed by atoms with Crippen LogP contribution >= 0.6 is 0 Å². The molecule has 5 heterocycles. The highest BCUT2D eigenvalue weighted by Gasteiger charge is 2.34. The smallest absolute Gasteiger partial charge is 0.329 e. The summed E-state index contributed by atoms with van der Waals surface area (Å²) in [5, 5.41) is 0.652. The van der Waals surface area contributed by atoms with Crippen LogP contribution in [0.5, 0.6) is 5.75 Å². The SMILES string of the molecule is CN(C)C1CCN(c2ccc(-c3c(F)cc4ncc5c6c4c3OCC(C)(C)n6c(=O)n5C)cn2)C1. The van der Waals surface area contributed by atoms with Gasteiger partial charge >= 0.3 is 5.69 Å². The summed E-state index contributed by atoms with van der Waals surface area (Å²) >= 11 is 0. The molecular weight excluding hydrogens is 447 g/mol. The lowest BCUT2D eigenvalue weighted by atomic mass is 10.0. The Morgan fingerprint density at radius 2 is 2.00 bits per heavy atom. The molecule has 0 bridgehead atoms. The van der Waals surface area contributed by atoms with Gasteiger partial charge in [-0.05, 0) is 46.5 Å². The number of hydrogen-bond acceptors (Lipinski definition) is 6. The second-order valence-corrected chi connectivity index (χ2v) is 10.5. The van der Waals surface area contributed by atoms with Gasteiger partial charge in [0.2, 0.25) is 0 Å². The molecule has 1 saturated heterocycles. The fourth-order valence-corrected chi connectivity index (χ4v) is 5.47. The molecule has 4 aromatic rings. The Bertz CT molecular complexity index is 1540. The van der Waals surface area contributed by atoms with Crippen LogP contribution in [-0.2, 0) is 12.6 Å². The molecular formula is C26H29FN6O2. The van der Waals surface area contributed by atoms with Gasteiger partial charge in [0.05, 0.1) is 39.2 Å². The minimum atomic E-state index is -0.627. The van der Waals surface area contributed by atoms with Gasteiger partial charge in [0.15, 0.2) is 0 Å². The molecule has 0 radical (unpaired) electrons. The molecule has 1 unspecified atom stereocenters. The number of hydrogen-bond donors (Lipinski definition) is 0. The normalized spacial score (nSPS) is 19.2. The van der Waals surface area contributed by atoms with Crippen LogP contribution in [0.1, 0.15) is 20.3 Å². The summed E-state index contributed by atoms with van der Waals surface area (Å²) in [6, 6.07) is 5.77. The van der Waals surface area contributed by atoms with Crippen LogP contribution in [0, 0.1) is 5.82 Å². The number of benzene rings is 1. The molecule has 0 spiro atoms. The molecule has 2 aliphatic heterocycles. The summed E-state index contributed by atoms with van der Waals surface area (Å²) in [6.07, 6.45) is 4.43. The van der Waals surface area contributed by atoms with Crippen molar-refractivity contribution in [3.63, 3.8) is 0 Å². The van der Waals surface area contributed by atoms with Crippen LogP contribution in [0.25, 0.3) is 33.1 Å². The highest BCUT2D eigenvalue weighted by atomic mass is 19.1. The van der Waals surface area contributed by atoms with Crippen LogP contribution in [0.3, 0.4) is 0 Å². The summed E-state index contributed by atoms with van der Waals surface area (Å²) in [5.74, 6) is 0.867. The molecule has 6 rings (SSSR count). The van der Waals surface area contributed by atoms with E-state index in [0.717, 1.165) is 30.8 Å². The molecule has 8 nitrogen and oxygen atoms in total. The molecule has 2 aliphatic rings. The predicted octanol–water partition coefficient (Wildman–Crippen LogP) is 3.36. The van der Waals surface area contributed by atoms with E-state index in [9.17, 15) is 4.79 Å². The first-order chi connectivity index (χ1) is 16.7. The fraction of sp³-hybridized carbons (Fsp3) is 0.423. The molecule has 182 valence electrons. The van der Waals surface area contributed by atoms with E-state index in [1.165, 1.54) is 6.07 Å². The summed E-state index contributed by atoms with van der Waals surface area (Å²) in [6.45, 7) is 5.99. The van der Waals surface area contributed by atoms with Crippen molar-refractivity contribution < 1.29 is 9.13 Å². The zero-order valence-electron chi connectivity index (χ0n) is 20.7. The maximum absolute atomic E-state index is 15.6. The van der Waals surface area contributed by atoms with Crippen molar-refractivity contribution in [1.82, 2.24) is 24.0 Å². The lowest BCUT2D eigenvalue weighted by Crippen LogP contribution is -2.40. The maximum Gasteiger partial charge on any atom is 0.329 e. The van der Waals surface area contributed by atoms with Gasteiger partial charge in [0.25, 0.3) is 0 Å². The molecule has 0 saturated carbocycles. The number of likely N-dealkylation sites (N-methyl/N-ethyl adjacent to an activating group) is 1. The van der Waals surface area contributed by atoms with E-state index in [4.69, 9.17) is 4.74 Å². The average Bonchev–Trinajstić information content (AvgIpc) is 3.38. The number of aryl methyl sites for hydroxylation is 1. The monoisotopic (exact) mass is 476 g/mol. The van der Waals surface area contributed by atoms with Crippen molar-refractivity contribution in [2.75, 3.05) is 38.7 Å². The number of rotatable bonds is 3. The van der Waals surface area contributed by atoms with Crippen molar-refractivity contribution in [2.45, 2.75) is 31.8 Å². The van der Waals surface area contributed by atoms with Gasteiger partial charge < -0.3 is 14.5 Å². The van der Waals surface area contributed by atoms with E-state index >= 15 is 4.39 Å². The second kappa shape index (κ2) is 7.52. The Hall–Kier alpha value is -3.46. The lowest BCUT2D eigenvalue weighted by Gasteiger charge is -2.24. The largest absolute Gasteiger partial charge is 0.490 e. The molecule has 9 heteroatoms. The van der Waals surface area contributed by atoms with Gasteiger partial charge in [0.1, 0.15) is 24.0 Å². The van der Waals surface area contributed by atoms with E-state index in [0.29, 0.717) is 39.3 Å². The first kappa shape index (κ1) is 22.0. The Labute approximate surface area is 202 Å². The van der Waals surface area contributed by atoms with E-state index in [2.05, 4.69) is 33.9 Å². The number of pyridine rings is 2. The third-order valence-electron chi connectivity index (χ3n) is 7.51. The van der Waals surface area contributed by atoms with Gasteiger partial charge in [-0.25, -0.2) is 14.2 Å². The third kappa shape index (κ3) is 3.17. The average molecular weight is 477 g/mol. The van der Waals surface area contributed by atoms with Gasteiger partial charge in [0, 0.05) is 44.0 Å². The van der Waals surface area contributed by atoms with Gasteiger partial charge in [-0.1, -0.05) is 0 Å². The minimum absolute atomic E-state index is 0.144. The number of ether oxygens (including phenoxy) is 1. The Kier molecular flexibility index (Phi) is 4.73. The van der Waals surface area contributed by atoms with Gasteiger partial charge in [-0.15, -0.1) is 0 Å². The number of aromatic nitrogens is 4. The summed E-state index contributed by atoms with van der Waals surface area (Å²) in [7, 11) is 5.93. The molecule has 3 aromatic heterocycles. The summed E-state index contributed by atoms with van der Waals surface area (Å²) in [5.41, 5.74) is 2.08. The highest BCUT2D eigenvalue weighted by Crippen LogP contribution is 2.44. The molecule has 1 atom stereocenters. The standard InChI is InChI=1S/C26H29FN6O2/c1-26(2)14-35-24-21(15-6-7-20(29-11-15)32-9-8-16(13-32)30(3)4)17(27)10-18-22(24)23-19(12-28-18)31(5)25(34)33(23)26/h6-7,10-12,16H,8-9,13-14H2,1-5H3. The van der Waals surface area contributed by atoms with E-state index in [1.54, 1.807) is 28.6 Å². The Morgan fingerprint density at radius 3 is 2.69 bits per heavy atom. The van der Waals surface area contributed by atoms with Crippen molar-refractivity contribution >= 4 is 27.8 Å². The molecule has 35 heavy (non-hydrogen) atoms. The van der Waals surface area contributed by atoms with Crippen molar-refractivity contribution in [3.05, 3.63) is 46.9 Å². The zero-order valence-corrected chi connectivity index (χ0v) is 20.7. The number of imidazole rings is 1. The highest BCUT2D eigenvalue weighted by molar-refractivity contribution is 6.09. The van der Waals surface area contributed by atoms with Gasteiger partial charge in [-0.3, -0.25) is 14.1 Å². The molecule has 0 N–H and O–H groups in total. The molecule has 0 aliphatic carbocycles. The Morgan fingerprint density at radius 1 is 1.20 bits per heavy atom. The van der Waals surface area contributed by atoms with Crippen LogP contribution < -0.4 is 15.3 Å². The topological polar surface area (TPSA) is 68.4 Å². The molecule has 1 fully saturated rings. The summed E-state index contributed by atoms with van der Waals surface area (Å²) < 4.78 is 25.2. The molecule has 0 amide bonds. The van der Waals surface area contributed by atoms with Crippen molar-refractivity contribution in [1.29, 1.82) is 0 Å². The second-order valence-electron chi connectivity index (χ2n) is 10.5. The van der Waals surface area contributed by atoms with Crippen molar-refractivity contribution in [3.8, 4) is 16.9 Å². The molecule has 1 aromatic carbocycles. The number of anilines is 1. The van der Waals surface area contributed by atoms with E-state index < -0.39 is 11.4 Å². The fourth-order valence-electron chi connectivity index (χ4n) is 5.47. The van der Waals surface area contributed by atoms with E-state index in [1.807, 2.05) is 26.0 Å². The van der Waals surface area contributed by atoms with Gasteiger partial charge in [-0.2, -0.15) is 0 Å². The maximum atomic E-state index is 15.6. The van der Waals surface area contributed by atoms with E-state index in [-0.39, 0.29) is 12.3 Å². The first-order valence-electron chi connectivity index (χ1n) is 11.9. The van der Waals surface area contributed by atoms with Crippen LogP contribution in [0.2, 0.25) is 0 Å². The summed E-state index contributed by atoms with van der Waals surface area (Å²) in [4.78, 5) is 26.8. The van der Waals surface area contributed by atoms with Crippen LogP contribution in [-0.4, -0.2) is 63.8 Å². The third-order valence-corrected chi connectivity index (χ3v) is 7.51. The lowest BCUT2D eigenvalue weighted by molar-refractivity contribution is 0.189. The van der Waals surface area contributed by atoms with Crippen molar-refractivity contribution in [2.24, 2.45) is 7.05 Å².